The first kappa shape index (κ1) is 21.1. The third-order valence-electron chi connectivity index (χ3n) is 5.20. The Morgan fingerprint density at radius 2 is 2.10 bits per heavy atom. The van der Waals surface area contributed by atoms with E-state index in [0.717, 1.165) is 46.7 Å². The van der Waals surface area contributed by atoms with Gasteiger partial charge in [0.05, 0.1) is 11.3 Å². The van der Waals surface area contributed by atoms with E-state index in [2.05, 4.69) is 23.0 Å². The molecule has 1 aliphatic carbocycles. The third kappa shape index (κ3) is 4.94. The van der Waals surface area contributed by atoms with Gasteiger partial charge in [-0.15, -0.1) is 11.3 Å². The minimum absolute atomic E-state index is 0.160. The number of fused-ring (bicyclic) bond motifs is 1. The van der Waals surface area contributed by atoms with Gasteiger partial charge in [0.1, 0.15) is 24.0 Å². The topological polar surface area (TPSA) is 81.3 Å². The van der Waals surface area contributed by atoms with Crippen molar-refractivity contribution in [1.82, 2.24) is 9.97 Å². The van der Waals surface area contributed by atoms with Crippen molar-refractivity contribution in [2.75, 3.05) is 0 Å². The Labute approximate surface area is 184 Å². The molecule has 2 aromatic heterocycles. The van der Waals surface area contributed by atoms with Gasteiger partial charge in [-0.2, -0.15) is 0 Å². The Balaban J connectivity index is 1.58. The lowest BCUT2D eigenvalue weighted by atomic mass is 9.88. The number of esters is 1. The molecule has 0 saturated carbocycles. The molecule has 1 N–H and O–H groups in total. The van der Waals surface area contributed by atoms with Gasteiger partial charge in [0.2, 0.25) is 0 Å². The summed E-state index contributed by atoms with van der Waals surface area (Å²) >= 11 is 1.57. The Hall–Kier alpha value is -3.19. The van der Waals surface area contributed by atoms with E-state index in [1.807, 2.05) is 23.6 Å². The van der Waals surface area contributed by atoms with Crippen LogP contribution in [-0.2, 0) is 35.6 Å². The van der Waals surface area contributed by atoms with Gasteiger partial charge in [0.25, 0.3) is 5.56 Å². The Morgan fingerprint density at radius 3 is 2.87 bits per heavy atom. The Morgan fingerprint density at radius 1 is 1.23 bits per heavy atom. The van der Waals surface area contributed by atoms with Crippen LogP contribution >= 0.6 is 11.3 Å². The molecule has 1 aromatic carbocycles. The van der Waals surface area contributed by atoms with Crippen LogP contribution in [0.4, 0.5) is 0 Å². The summed E-state index contributed by atoms with van der Waals surface area (Å²) in [5, 5.41) is 2.93. The molecule has 160 valence electrons. The average molecular weight is 437 g/mol. The molecular weight excluding hydrogens is 412 g/mol. The number of benzene rings is 1. The third-order valence-corrected chi connectivity index (χ3v) is 6.07. The molecular formula is C24H24N2O4S. The molecule has 31 heavy (non-hydrogen) atoms. The van der Waals surface area contributed by atoms with Crippen LogP contribution in [0, 0.1) is 0 Å². The lowest BCUT2D eigenvalue weighted by molar-refractivity contribution is -0.142. The molecule has 0 unspecified atom stereocenters. The zero-order chi connectivity index (χ0) is 21.8. The van der Waals surface area contributed by atoms with Crippen molar-refractivity contribution < 1.29 is 14.3 Å². The van der Waals surface area contributed by atoms with Crippen molar-refractivity contribution in [2.45, 2.75) is 46.3 Å². The molecule has 6 nitrogen and oxygen atoms in total. The lowest BCUT2D eigenvalue weighted by Gasteiger charge is -2.19. The van der Waals surface area contributed by atoms with Crippen molar-refractivity contribution in [3.05, 3.63) is 79.2 Å². The van der Waals surface area contributed by atoms with Crippen LogP contribution in [0.2, 0.25) is 0 Å². The number of aromatic nitrogens is 2. The largest absolute Gasteiger partial charge is 0.486 e. The number of allylic oxidation sites excluding steroid dienone is 1. The normalized spacial score (nSPS) is 12.8. The maximum Gasteiger partial charge on any atom is 0.302 e. The zero-order valence-electron chi connectivity index (χ0n) is 17.6. The van der Waals surface area contributed by atoms with Gasteiger partial charge < -0.3 is 14.5 Å². The monoisotopic (exact) mass is 436 g/mol. The second kappa shape index (κ2) is 9.31. The minimum atomic E-state index is -0.292. The van der Waals surface area contributed by atoms with Crippen LogP contribution in [0.1, 0.15) is 53.2 Å². The fourth-order valence-electron chi connectivity index (χ4n) is 3.62. The van der Waals surface area contributed by atoms with Crippen molar-refractivity contribution in [3.8, 4) is 5.75 Å². The minimum Gasteiger partial charge on any atom is -0.486 e. The molecule has 0 radical (unpaired) electrons. The number of hydrogen-bond donors (Lipinski definition) is 1. The van der Waals surface area contributed by atoms with Gasteiger partial charge in [-0.3, -0.25) is 9.59 Å². The molecule has 2 heterocycles. The average Bonchev–Trinajstić information content (AvgIpc) is 3.24. The van der Waals surface area contributed by atoms with Crippen molar-refractivity contribution in [1.29, 1.82) is 0 Å². The molecule has 0 spiro atoms. The quantitative estimate of drug-likeness (QED) is 0.551. The highest BCUT2D eigenvalue weighted by atomic mass is 32.1. The predicted molar refractivity (Wildman–Crippen MR) is 121 cm³/mol. The first-order valence-electron chi connectivity index (χ1n) is 10.3. The number of carbonyl (C=O) groups is 1. The second-order valence-electron chi connectivity index (χ2n) is 7.40. The van der Waals surface area contributed by atoms with Crippen LogP contribution in [0.15, 0.2) is 40.6 Å². The summed E-state index contributed by atoms with van der Waals surface area (Å²) in [4.78, 5) is 31.0. The highest BCUT2D eigenvalue weighted by Gasteiger charge is 2.19. The van der Waals surface area contributed by atoms with Crippen LogP contribution in [0.25, 0.3) is 11.6 Å². The molecule has 1 aliphatic rings. The fourth-order valence-corrected chi connectivity index (χ4v) is 4.41. The number of hydrogen-bond acceptors (Lipinski definition) is 6. The van der Waals surface area contributed by atoms with Gasteiger partial charge >= 0.3 is 5.97 Å². The van der Waals surface area contributed by atoms with Crippen LogP contribution in [0.5, 0.6) is 5.75 Å². The number of nitrogens with zero attached hydrogens (tertiary/aromatic N) is 1. The summed E-state index contributed by atoms with van der Waals surface area (Å²) in [5.41, 5.74) is 5.62. The van der Waals surface area contributed by atoms with E-state index in [0.29, 0.717) is 17.9 Å². The van der Waals surface area contributed by atoms with E-state index in [1.165, 1.54) is 12.5 Å². The van der Waals surface area contributed by atoms with Crippen molar-refractivity contribution >= 4 is 29.0 Å². The molecule has 0 atom stereocenters. The summed E-state index contributed by atoms with van der Waals surface area (Å²) in [5.74, 6) is 0.276. The van der Waals surface area contributed by atoms with E-state index in [4.69, 9.17) is 9.47 Å². The maximum atomic E-state index is 12.7. The number of ether oxygens (including phenoxy) is 2. The second-order valence-corrected chi connectivity index (χ2v) is 8.35. The highest BCUT2D eigenvalue weighted by molar-refractivity contribution is 7.09. The summed E-state index contributed by atoms with van der Waals surface area (Å²) in [6.45, 7) is 4.08. The van der Waals surface area contributed by atoms with E-state index in [-0.39, 0.29) is 18.1 Å². The number of carbonyl (C=O) groups excluding carboxylic acids is 1. The van der Waals surface area contributed by atoms with Gasteiger partial charge in [0.15, 0.2) is 0 Å². The standard InChI is InChI=1S/C24H24N2O4S/c1-3-20-14-31-22(26-20)13-30-21-8-9-25-24(28)23(21)19-7-6-17-10-16(12-29-15(2)27)4-5-18(17)11-19/h4-5,8-11,14H,3,6-7,12-13H2,1-2H3,(H,25,28). The molecule has 0 amide bonds. The Kier molecular flexibility index (Phi) is 6.32. The van der Waals surface area contributed by atoms with E-state index >= 15 is 0 Å². The van der Waals surface area contributed by atoms with Gasteiger partial charge in [-0.05, 0) is 47.6 Å². The summed E-state index contributed by atoms with van der Waals surface area (Å²) in [6.07, 6.45) is 6.07. The number of aromatic amines is 1. The summed E-state index contributed by atoms with van der Waals surface area (Å²) < 4.78 is 11.1. The first-order valence-corrected chi connectivity index (χ1v) is 11.2. The number of rotatable bonds is 7. The number of pyridine rings is 1. The molecule has 0 bridgehead atoms. The number of aryl methyl sites for hydroxylation is 2. The lowest BCUT2D eigenvalue weighted by Crippen LogP contribution is -2.15. The molecule has 4 rings (SSSR count). The number of H-pyrrole nitrogens is 1. The fraction of sp³-hybridized carbons (Fsp3) is 0.292. The van der Waals surface area contributed by atoms with E-state index in [9.17, 15) is 9.59 Å². The van der Waals surface area contributed by atoms with Crippen molar-refractivity contribution in [2.24, 2.45) is 0 Å². The molecule has 3 aromatic rings. The highest BCUT2D eigenvalue weighted by Crippen LogP contribution is 2.33. The van der Waals surface area contributed by atoms with E-state index in [1.54, 1.807) is 23.6 Å². The Bertz CT molecular complexity index is 1190. The summed E-state index contributed by atoms with van der Waals surface area (Å²) in [7, 11) is 0. The maximum absolute atomic E-state index is 12.7. The molecule has 0 aliphatic heterocycles. The first-order chi connectivity index (χ1) is 15.0. The number of nitrogens with one attached hydrogen (secondary N) is 1. The SMILES string of the molecule is CCc1csc(COc2cc[nH]c(=O)c2C2=Cc3ccc(COC(C)=O)cc3CC2)n1. The molecule has 7 heteroatoms. The smallest absolute Gasteiger partial charge is 0.302 e. The van der Waals surface area contributed by atoms with Crippen molar-refractivity contribution in [3.63, 3.8) is 0 Å². The predicted octanol–water partition coefficient (Wildman–Crippen LogP) is 4.52. The molecule has 0 saturated heterocycles. The van der Waals surface area contributed by atoms with Crippen LogP contribution in [-0.4, -0.2) is 15.9 Å². The number of thiazole rings is 1. The zero-order valence-corrected chi connectivity index (χ0v) is 18.4. The van der Waals surface area contributed by atoms with Gasteiger partial charge in [-0.25, -0.2) is 4.98 Å². The van der Waals surface area contributed by atoms with Crippen LogP contribution < -0.4 is 10.3 Å². The summed E-state index contributed by atoms with van der Waals surface area (Å²) in [6, 6.07) is 7.81. The van der Waals surface area contributed by atoms with Crippen LogP contribution in [0.3, 0.4) is 0 Å². The van der Waals surface area contributed by atoms with Gasteiger partial charge in [-0.1, -0.05) is 31.2 Å². The van der Waals surface area contributed by atoms with Gasteiger partial charge in [0, 0.05) is 18.5 Å². The molecule has 0 fully saturated rings. The van der Waals surface area contributed by atoms with E-state index < -0.39 is 0 Å².